The van der Waals surface area contributed by atoms with Crippen LogP contribution in [-0.4, -0.2) is 12.6 Å². The van der Waals surface area contributed by atoms with Crippen molar-refractivity contribution in [3.05, 3.63) is 71.0 Å². The van der Waals surface area contributed by atoms with Crippen LogP contribution in [-0.2, 0) is 5.41 Å². The quantitative estimate of drug-likeness (QED) is 0.822. The summed E-state index contributed by atoms with van der Waals surface area (Å²) in [5, 5.41) is 5.43. The number of carbonyl (C=O) groups excluding carboxylic acids is 1. The van der Waals surface area contributed by atoms with Crippen molar-refractivity contribution >= 4 is 6.03 Å². The molecule has 6 heteroatoms. The van der Waals surface area contributed by atoms with E-state index in [0.717, 1.165) is 17.7 Å². The predicted octanol–water partition coefficient (Wildman–Crippen LogP) is 4.44. The van der Waals surface area contributed by atoms with Crippen molar-refractivity contribution < 1.29 is 18.0 Å². The van der Waals surface area contributed by atoms with Crippen molar-refractivity contribution in [1.29, 1.82) is 0 Å². The third kappa shape index (κ3) is 4.98. The highest BCUT2D eigenvalue weighted by Crippen LogP contribution is 2.22. The van der Waals surface area contributed by atoms with Crippen LogP contribution in [0.15, 0.2) is 42.5 Å². The first kappa shape index (κ1) is 18.8. The zero-order valence-corrected chi connectivity index (χ0v) is 14.4. The number of nitrogens with one attached hydrogen (secondary N) is 2. The summed E-state index contributed by atoms with van der Waals surface area (Å²) < 4.78 is 39.2. The van der Waals surface area contributed by atoms with Crippen molar-refractivity contribution in [3.63, 3.8) is 0 Å². The summed E-state index contributed by atoms with van der Waals surface area (Å²) in [6.45, 7) is 5.87. The molecule has 2 rings (SSSR count). The smallest absolute Gasteiger partial charge is 0.315 e. The molecule has 134 valence electrons. The van der Waals surface area contributed by atoms with Gasteiger partial charge in [-0.05, 0) is 42.3 Å². The molecule has 0 heterocycles. The highest BCUT2D eigenvalue weighted by Gasteiger charge is 2.22. The largest absolute Gasteiger partial charge is 0.337 e. The van der Waals surface area contributed by atoms with Crippen LogP contribution in [0.25, 0.3) is 0 Å². The van der Waals surface area contributed by atoms with Gasteiger partial charge in [-0.2, -0.15) is 0 Å². The van der Waals surface area contributed by atoms with Gasteiger partial charge in [0.25, 0.3) is 0 Å². The van der Waals surface area contributed by atoms with Crippen LogP contribution in [0, 0.1) is 17.5 Å². The first-order valence-electron chi connectivity index (χ1n) is 7.94. The standard InChI is InChI=1S/C19H21F3N2O/c1-12(13-4-9-16(21)17(22)10-13)24-18(25)23-11-19(2,3)14-5-7-15(20)8-6-14/h4-10,12H,11H2,1-3H3,(H2,23,24,25). The van der Waals surface area contributed by atoms with Gasteiger partial charge < -0.3 is 10.6 Å². The van der Waals surface area contributed by atoms with E-state index >= 15 is 0 Å². The molecule has 0 spiro atoms. The Kier molecular flexibility index (Phi) is 5.72. The maximum atomic E-state index is 13.3. The van der Waals surface area contributed by atoms with E-state index in [-0.39, 0.29) is 5.82 Å². The zero-order valence-electron chi connectivity index (χ0n) is 14.4. The van der Waals surface area contributed by atoms with Crippen LogP contribution < -0.4 is 10.6 Å². The number of halogens is 3. The number of hydrogen-bond donors (Lipinski definition) is 2. The molecule has 2 N–H and O–H groups in total. The Labute approximate surface area is 145 Å². The van der Waals surface area contributed by atoms with Gasteiger partial charge in [-0.3, -0.25) is 0 Å². The number of benzene rings is 2. The number of amides is 2. The molecular formula is C19H21F3N2O. The van der Waals surface area contributed by atoms with Crippen molar-refractivity contribution in [3.8, 4) is 0 Å². The van der Waals surface area contributed by atoms with Crippen LogP contribution in [0.4, 0.5) is 18.0 Å². The van der Waals surface area contributed by atoms with Crippen molar-refractivity contribution in [1.82, 2.24) is 10.6 Å². The fourth-order valence-electron chi connectivity index (χ4n) is 2.42. The molecule has 3 nitrogen and oxygen atoms in total. The Morgan fingerprint density at radius 3 is 2.28 bits per heavy atom. The van der Waals surface area contributed by atoms with Gasteiger partial charge in [0.2, 0.25) is 0 Å². The summed E-state index contributed by atoms with van der Waals surface area (Å²) >= 11 is 0. The maximum absolute atomic E-state index is 13.3. The van der Waals surface area contributed by atoms with Gasteiger partial charge in [0.05, 0.1) is 6.04 Å². The lowest BCUT2D eigenvalue weighted by molar-refractivity contribution is 0.235. The summed E-state index contributed by atoms with van der Waals surface area (Å²) in [4.78, 5) is 12.1. The SMILES string of the molecule is CC(NC(=O)NCC(C)(C)c1ccc(F)cc1)c1ccc(F)c(F)c1. The van der Waals surface area contributed by atoms with Crippen molar-refractivity contribution in [2.75, 3.05) is 6.54 Å². The molecule has 0 aliphatic carbocycles. The van der Waals surface area contributed by atoms with E-state index in [1.165, 1.54) is 18.2 Å². The molecular weight excluding hydrogens is 329 g/mol. The number of rotatable bonds is 5. The lowest BCUT2D eigenvalue weighted by Crippen LogP contribution is -2.43. The molecule has 0 aromatic heterocycles. The zero-order chi connectivity index (χ0) is 18.6. The molecule has 1 atom stereocenters. The van der Waals surface area contributed by atoms with E-state index in [1.807, 2.05) is 13.8 Å². The predicted molar refractivity (Wildman–Crippen MR) is 90.7 cm³/mol. The number of hydrogen-bond acceptors (Lipinski definition) is 1. The summed E-state index contributed by atoms with van der Waals surface area (Å²) in [5.41, 5.74) is 0.964. The average molecular weight is 350 g/mol. The molecule has 25 heavy (non-hydrogen) atoms. The molecule has 0 aliphatic heterocycles. The minimum atomic E-state index is -0.955. The first-order chi connectivity index (χ1) is 11.7. The molecule has 0 saturated heterocycles. The highest BCUT2D eigenvalue weighted by molar-refractivity contribution is 5.74. The van der Waals surface area contributed by atoms with E-state index in [2.05, 4.69) is 10.6 Å². The molecule has 0 fully saturated rings. The third-order valence-electron chi connectivity index (χ3n) is 4.11. The number of carbonyl (C=O) groups is 1. The topological polar surface area (TPSA) is 41.1 Å². The van der Waals surface area contributed by atoms with Gasteiger partial charge in [0.1, 0.15) is 5.82 Å². The fraction of sp³-hybridized carbons (Fsp3) is 0.316. The van der Waals surface area contributed by atoms with Gasteiger partial charge in [0.15, 0.2) is 11.6 Å². The second kappa shape index (κ2) is 7.59. The third-order valence-corrected chi connectivity index (χ3v) is 4.11. The Hall–Kier alpha value is -2.50. The van der Waals surface area contributed by atoms with Crippen LogP contribution in [0.2, 0.25) is 0 Å². The molecule has 0 bridgehead atoms. The second-order valence-electron chi connectivity index (χ2n) is 6.61. The Bertz CT molecular complexity index is 745. The Balaban J connectivity index is 1.93. The van der Waals surface area contributed by atoms with E-state index in [9.17, 15) is 18.0 Å². The van der Waals surface area contributed by atoms with Gasteiger partial charge >= 0.3 is 6.03 Å². The molecule has 0 radical (unpaired) electrons. The number of urea groups is 1. The van der Waals surface area contributed by atoms with Crippen LogP contribution in [0.5, 0.6) is 0 Å². The lowest BCUT2D eigenvalue weighted by Gasteiger charge is -2.26. The minimum Gasteiger partial charge on any atom is -0.337 e. The van der Waals surface area contributed by atoms with E-state index in [1.54, 1.807) is 19.1 Å². The normalized spacial score (nSPS) is 12.6. The molecule has 2 amide bonds. The van der Waals surface area contributed by atoms with Crippen molar-refractivity contribution in [2.24, 2.45) is 0 Å². The fourth-order valence-corrected chi connectivity index (χ4v) is 2.42. The van der Waals surface area contributed by atoms with E-state index < -0.39 is 29.1 Å². The van der Waals surface area contributed by atoms with Crippen molar-refractivity contribution in [2.45, 2.75) is 32.2 Å². The summed E-state index contributed by atoms with van der Waals surface area (Å²) in [6, 6.07) is 8.71. The maximum Gasteiger partial charge on any atom is 0.315 e. The summed E-state index contributed by atoms with van der Waals surface area (Å²) in [6.07, 6.45) is 0. The van der Waals surface area contributed by atoms with Gasteiger partial charge in [-0.15, -0.1) is 0 Å². The lowest BCUT2D eigenvalue weighted by atomic mass is 9.84. The average Bonchev–Trinajstić information content (AvgIpc) is 2.56. The Morgan fingerprint density at radius 2 is 1.68 bits per heavy atom. The minimum absolute atomic E-state index is 0.314. The molecule has 0 aliphatic rings. The van der Waals surface area contributed by atoms with Gasteiger partial charge in [-0.25, -0.2) is 18.0 Å². The van der Waals surface area contributed by atoms with Crippen LogP contribution >= 0.6 is 0 Å². The highest BCUT2D eigenvalue weighted by atomic mass is 19.2. The second-order valence-corrected chi connectivity index (χ2v) is 6.61. The molecule has 1 unspecified atom stereocenters. The van der Waals surface area contributed by atoms with Crippen LogP contribution in [0.1, 0.15) is 37.9 Å². The van der Waals surface area contributed by atoms with E-state index in [4.69, 9.17) is 0 Å². The van der Waals surface area contributed by atoms with Gasteiger partial charge in [0, 0.05) is 12.0 Å². The monoisotopic (exact) mass is 350 g/mol. The van der Waals surface area contributed by atoms with E-state index in [0.29, 0.717) is 12.1 Å². The summed E-state index contributed by atoms with van der Waals surface area (Å²) in [7, 11) is 0. The molecule has 2 aromatic carbocycles. The van der Waals surface area contributed by atoms with Gasteiger partial charge in [-0.1, -0.05) is 32.0 Å². The molecule has 2 aromatic rings. The van der Waals surface area contributed by atoms with Crippen LogP contribution in [0.3, 0.4) is 0 Å². The Morgan fingerprint density at radius 1 is 1.04 bits per heavy atom. The summed E-state index contributed by atoms with van der Waals surface area (Å²) in [5.74, 6) is -2.20. The first-order valence-corrected chi connectivity index (χ1v) is 7.94. The molecule has 0 saturated carbocycles.